The van der Waals surface area contributed by atoms with E-state index in [4.69, 9.17) is 16.3 Å². The molecule has 0 aliphatic carbocycles. The summed E-state index contributed by atoms with van der Waals surface area (Å²) < 4.78 is 5.13. The molecule has 0 unspecified atom stereocenters. The van der Waals surface area contributed by atoms with Crippen LogP contribution in [0.15, 0.2) is 48.5 Å². The van der Waals surface area contributed by atoms with Gasteiger partial charge in [0.2, 0.25) is 0 Å². The number of carbonyl (C=O) groups excluding carboxylic acids is 1. The first kappa shape index (κ1) is 18.3. The number of hydrogen-bond acceptors (Lipinski definition) is 2. The maximum Gasteiger partial charge on any atom is 0.278 e. The minimum atomic E-state index is -0.183. The molecular formula is C19H24ClN2O2+. The molecule has 2 aromatic carbocycles. The summed E-state index contributed by atoms with van der Waals surface area (Å²) in [7, 11) is 1.63. The molecule has 0 aliphatic heterocycles. The van der Waals surface area contributed by atoms with E-state index in [9.17, 15) is 4.79 Å². The van der Waals surface area contributed by atoms with Crippen molar-refractivity contribution in [3.63, 3.8) is 0 Å². The number of nitrogens with two attached hydrogens (primary N) is 1. The molecule has 2 atom stereocenters. The Bertz CT molecular complexity index is 673. The SMILES string of the molecule is COc1ccc(CNC(=O)[C@H](C)[NH2+][C@@H](C)c2cccc(Cl)c2)cc1. The van der Waals surface area contributed by atoms with Crippen LogP contribution in [0.1, 0.15) is 31.0 Å². The number of nitrogens with one attached hydrogen (secondary N) is 1. The number of hydrogen-bond donors (Lipinski definition) is 2. The molecule has 0 saturated heterocycles. The Balaban J connectivity index is 1.85. The first-order chi connectivity index (χ1) is 11.5. The van der Waals surface area contributed by atoms with E-state index in [0.717, 1.165) is 16.9 Å². The fourth-order valence-electron chi connectivity index (χ4n) is 2.51. The molecule has 0 aromatic heterocycles. The number of benzene rings is 2. The number of methoxy groups -OCH3 is 1. The van der Waals surface area contributed by atoms with Gasteiger partial charge in [-0.3, -0.25) is 4.79 Å². The van der Waals surface area contributed by atoms with Crippen LogP contribution in [0.5, 0.6) is 5.75 Å². The second-order valence-electron chi connectivity index (χ2n) is 5.89. The van der Waals surface area contributed by atoms with Crippen molar-refractivity contribution in [2.24, 2.45) is 0 Å². The highest BCUT2D eigenvalue weighted by molar-refractivity contribution is 6.30. The molecule has 0 bridgehead atoms. The molecule has 2 aromatic rings. The topological polar surface area (TPSA) is 54.9 Å². The average molecular weight is 348 g/mol. The monoisotopic (exact) mass is 347 g/mol. The van der Waals surface area contributed by atoms with Crippen LogP contribution in [0.3, 0.4) is 0 Å². The quantitative estimate of drug-likeness (QED) is 0.809. The van der Waals surface area contributed by atoms with Gasteiger partial charge in [-0.15, -0.1) is 0 Å². The van der Waals surface area contributed by atoms with E-state index in [2.05, 4.69) is 12.2 Å². The van der Waals surface area contributed by atoms with Gasteiger partial charge < -0.3 is 15.4 Å². The van der Waals surface area contributed by atoms with Crippen molar-refractivity contribution in [3.05, 3.63) is 64.7 Å². The molecule has 1 amide bonds. The zero-order valence-corrected chi connectivity index (χ0v) is 15.0. The highest BCUT2D eigenvalue weighted by atomic mass is 35.5. The summed E-state index contributed by atoms with van der Waals surface area (Å²) in [6, 6.07) is 15.4. The minimum Gasteiger partial charge on any atom is -0.497 e. The summed E-state index contributed by atoms with van der Waals surface area (Å²) in [6.45, 7) is 4.48. The lowest BCUT2D eigenvalue weighted by atomic mass is 10.1. The van der Waals surface area contributed by atoms with E-state index in [1.807, 2.05) is 60.8 Å². The second-order valence-corrected chi connectivity index (χ2v) is 6.33. The van der Waals surface area contributed by atoms with E-state index in [1.165, 1.54) is 0 Å². The number of carbonyl (C=O) groups is 1. The van der Waals surface area contributed by atoms with Gasteiger partial charge in [0.15, 0.2) is 6.04 Å². The van der Waals surface area contributed by atoms with E-state index in [0.29, 0.717) is 11.6 Å². The molecule has 0 heterocycles. The molecule has 0 fully saturated rings. The predicted molar refractivity (Wildman–Crippen MR) is 96.1 cm³/mol. The van der Waals surface area contributed by atoms with Crippen LogP contribution in [0, 0.1) is 0 Å². The first-order valence-electron chi connectivity index (χ1n) is 8.00. The average Bonchev–Trinajstić information content (AvgIpc) is 2.60. The lowest BCUT2D eigenvalue weighted by Crippen LogP contribution is -2.92. The lowest BCUT2D eigenvalue weighted by molar-refractivity contribution is -0.710. The normalized spacial score (nSPS) is 13.2. The Labute approximate surface area is 148 Å². The number of quaternary nitrogens is 1. The third-order valence-corrected chi connectivity index (χ3v) is 4.23. The summed E-state index contributed by atoms with van der Waals surface area (Å²) in [5.41, 5.74) is 2.15. The van der Waals surface area contributed by atoms with E-state index >= 15 is 0 Å². The van der Waals surface area contributed by atoms with Crippen LogP contribution < -0.4 is 15.4 Å². The number of rotatable bonds is 7. The summed E-state index contributed by atoms with van der Waals surface area (Å²) in [6.07, 6.45) is 0. The Kier molecular flexibility index (Phi) is 6.64. The highest BCUT2D eigenvalue weighted by Crippen LogP contribution is 2.15. The zero-order valence-electron chi connectivity index (χ0n) is 14.3. The third-order valence-electron chi connectivity index (χ3n) is 3.99. The summed E-state index contributed by atoms with van der Waals surface area (Å²) in [5.74, 6) is 0.821. The minimum absolute atomic E-state index is 0.0136. The standard InChI is InChI=1S/C19H23ClN2O2/c1-13(16-5-4-6-17(20)11-16)22-14(2)19(23)21-12-15-7-9-18(24-3)10-8-15/h4-11,13-14,22H,12H2,1-3H3,(H,21,23)/p+1/t13-,14-/m0/s1. The molecule has 0 spiro atoms. The fourth-order valence-corrected chi connectivity index (χ4v) is 2.71. The van der Waals surface area contributed by atoms with Crippen molar-refractivity contribution < 1.29 is 14.8 Å². The predicted octanol–water partition coefficient (Wildman–Crippen LogP) is 2.68. The van der Waals surface area contributed by atoms with E-state index in [-0.39, 0.29) is 18.0 Å². The molecule has 4 nitrogen and oxygen atoms in total. The number of halogens is 1. The van der Waals surface area contributed by atoms with Crippen molar-refractivity contribution in [3.8, 4) is 5.75 Å². The van der Waals surface area contributed by atoms with Gasteiger partial charge in [0.1, 0.15) is 11.8 Å². The Morgan fingerprint density at radius 3 is 2.54 bits per heavy atom. The fraction of sp³-hybridized carbons (Fsp3) is 0.316. The molecule has 5 heteroatoms. The Morgan fingerprint density at radius 1 is 1.21 bits per heavy atom. The van der Waals surface area contributed by atoms with Gasteiger partial charge in [-0.05, 0) is 43.7 Å². The van der Waals surface area contributed by atoms with Gasteiger partial charge in [-0.1, -0.05) is 35.9 Å². The second kappa shape index (κ2) is 8.71. The van der Waals surface area contributed by atoms with Crippen LogP contribution in [-0.4, -0.2) is 19.1 Å². The van der Waals surface area contributed by atoms with Crippen molar-refractivity contribution in [1.82, 2.24) is 5.32 Å². The largest absolute Gasteiger partial charge is 0.497 e. The highest BCUT2D eigenvalue weighted by Gasteiger charge is 2.20. The molecule has 128 valence electrons. The zero-order chi connectivity index (χ0) is 17.5. The van der Waals surface area contributed by atoms with Crippen LogP contribution in [0.4, 0.5) is 0 Å². The van der Waals surface area contributed by atoms with Crippen molar-refractivity contribution >= 4 is 17.5 Å². The molecule has 2 rings (SSSR count). The van der Waals surface area contributed by atoms with Crippen molar-refractivity contribution in [1.29, 1.82) is 0 Å². The van der Waals surface area contributed by atoms with Crippen molar-refractivity contribution in [2.45, 2.75) is 32.5 Å². The van der Waals surface area contributed by atoms with Gasteiger partial charge in [0.05, 0.1) is 7.11 Å². The van der Waals surface area contributed by atoms with E-state index < -0.39 is 0 Å². The first-order valence-corrected chi connectivity index (χ1v) is 8.38. The third kappa shape index (κ3) is 5.25. The lowest BCUT2D eigenvalue weighted by Gasteiger charge is -2.17. The maximum absolute atomic E-state index is 12.3. The molecule has 0 radical (unpaired) electrons. The Morgan fingerprint density at radius 2 is 1.92 bits per heavy atom. The van der Waals surface area contributed by atoms with E-state index in [1.54, 1.807) is 7.11 Å². The number of ether oxygens (including phenoxy) is 1. The summed E-state index contributed by atoms with van der Waals surface area (Å²) >= 11 is 6.03. The van der Waals surface area contributed by atoms with Crippen LogP contribution in [0.25, 0.3) is 0 Å². The van der Waals surface area contributed by atoms with Crippen molar-refractivity contribution in [2.75, 3.05) is 7.11 Å². The van der Waals surface area contributed by atoms with Crippen LogP contribution in [0.2, 0.25) is 5.02 Å². The van der Waals surface area contributed by atoms with Gasteiger partial charge in [-0.25, -0.2) is 0 Å². The van der Waals surface area contributed by atoms with Gasteiger partial charge in [-0.2, -0.15) is 0 Å². The summed E-state index contributed by atoms with van der Waals surface area (Å²) in [4.78, 5) is 12.3. The molecule has 0 aliphatic rings. The van der Waals surface area contributed by atoms with Gasteiger partial charge in [0.25, 0.3) is 5.91 Å². The smallest absolute Gasteiger partial charge is 0.278 e. The summed E-state index contributed by atoms with van der Waals surface area (Å²) in [5, 5.41) is 5.72. The Hall–Kier alpha value is -2.04. The maximum atomic E-state index is 12.3. The molecule has 24 heavy (non-hydrogen) atoms. The molecule has 0 saturated carbocycles. The molecule has 3 N–H and O–H groups in total. The van der Waals surface area contributed by atoms with Crippen LogP contribution >= 0.6 is 11.6 Å². The van der Waals surface area contributed by atoms with Crippen LogP contribution in [-0.2, 0) is 11.3 Å². The van der Waals surface area contributed by atoms with Gasteiger partial charge >= 0.3 is 0 Å². The molecular weight excluding hydrogens is 324 g/mol. The number of amides is 1. The van der Waals surface area contributed by atoms with Gasteiger partial charge in [0, 0.05) is 17.1 Å².